The van der Waals surface area contributed by atoms with E-state index in [1.807, 2.05) is 0 Å². The van der Waals surface area contributed by atoms with Crippen LogP contribution in [-0.4, -0.2) is 46.8 Å². The number of benzene rings is 1. The van der Waals surface area contributed by atoms with E-state index >= 15 is 0 Å². The molecule has 0 N–H and O–H groups in total. The highest BCUT2D eigenvalue weighted by molar-refractivity contribution is 6.31. The molecule has 0 bridgehead atoms. The Balaban J connectivity index is 1.51. The summed E-state index contributed by atoms with van der Waals surface area (Å²) in [5, 5.41) is 11.0. The Morgan fingerprint density at radius 3 is 2.63 bits per heavy atom. The normalized spacial score (nSPS) is 15.4. The summed E-state index contributed by atoms with van der Waals surface area (Å²) in [5.41, 5.74) is 0.845. The molecular formula is C18H17ClFN3O4. The third kappa shape index (κ3) is 4.93. The Bertz CT molecular complexity index is 875. The van der Waals surface area contributed by atoms with Crippen molar-refractivity contribution < 1.29 is 18.5 Å². The molecule has 9 heteroatoms. The second-order valence-electron chi connectivity index (χ2n) is 6.10. The molecule has 0 aliphatic carbocycles. The number of carbonyl (C=O) groups excluding carboxylic acids is 1. The number of hydrogen-bond donors (Lipinski definition) is 0. The van der Waals surface area contributed by atoms with Crippen LogP contribution in [0.25, 0.3) is 6.08 Å². The summed E-state index contributed by atoms with van der Waals surface area (Å²) in [7, 11) is 0. The van der Waals surface area contributed by atoms with E-state index in [1.54, 1.807) is 11.0 Å². The molecule has 0 atom stereocenters. The zero-order valence-corrected chi connectivity index (χ0v) is 15.1. The minimum absolute atomic E-state index is 0.187. The molecular weight excluding hydrogens is 377 g/mol. The Kier molecular flexibility index (Phi) is 5.88. The molecule has 1 amide bonds. The van der Waals surface area contributed by atoms with Gasteiger partial charge in [0.1, 0.15) is 16.5 Å². The predicted molar refractivity (Wildman–Crippen MR) is 97.7 cm³/mol. The van der Waals surface area contributed by atoms with Gasteiger partial charge in [0.25, 0.3) is 0 Å². The van der Waals surface area contributed by atoms with Gasteiger partial charge in [-0.05, 0) is 29.8 Å². The highest BCUT2D eigenvalue weighted by Gasteiger charge is 2.20. The predicted octanol–water partition coefficient (Wildman–Crippen LogP) is 3.34. The minimum atomic E-state index is -0.633. The molecule has 1 fully saturated rings. The molecule has 1 saturated heterocycles. The second kappa shape index (κ2) is 8.32. The maximum atomic E-state index is 13.1. The van der Waals surface area contributed by atoms with E-state index < -0.39 is 4.92 Å². The van der Waals surface area contributed by atoms with E-state index in [9.17, 15) is 19.3 Å². The summed E-state index contributed by atoms with van der Waals surface area (Å²) >= 11 is 6.06. The number of nitrogens with zero attached hydrogens (tertiary/aromatic N) is 3. The van der Waals surface area contributed by atoms with E-state index in [2.05, 4.69) is 4.90 Å². The molecule has 1 aromatic heterocycles. The SMILES string of the molecule is O=C(/C=C/c1ccc([N+](=O)[O-])o1)N1CCN(Cc2ccc(F)cc2Cl)CC1. The topological polar surface area (TPSA) is 79.8 Å². The molecule has 0 spiro atoms. The van der Waals surface area contributed by atoms with Crippen LogP contribution in [-0.2, 0) is 11.3 Å². The summed E-state index contributed by atoms with van der Waals surface area (Å²) in [5.74, 6) is -0.670. The molecule has 27 heavy (non-hydrogen) atoms. The Morgan fingerprint density at radius 1 is 1.26 bits per heavy atom. The van der Waals surface area contributed by atoms with Crippen molar-refractivity contribution in [3.8, 4) is 0 Å². The van der Waals surface area contributed by atoms with Crippen LogP contribution < -0.4 is 0 Å². The first-order valence-corrected chi connectivity index (χ1v) is 8.67. The maximum absolute atomic E-state index is 13.1. The fourth-order valence-corrected chi connectivity index (χ4v) is 3.03. The van der Waals surface area contributed by atoms with Gasteiger partial charge in [0, 0.05) is 43.8 Å². The van der Waals surface area contributed by atoms with Gasteiger partial charge in [-0.1, -0.05) is 17.7 Å². The smallest absolute Gasteiger partial charge is 0.401 e. The van der Waals surface area contributed by atoms with Crippen LogP contribution in [0.2, 0.25) is 5.02 Å². The van der Waals surface area contributed by atoms with Gasteiger partial charge < -0.3 is 9.32 Å². The molecule has 2 aromatic rings. The monoisotopic (exact) mass is 393 g/mol. The molecule has 0 saturated carbocycles. The first-order valence-electron chi connectivity index (χ1n) is 8.30. The van der Waals surface area contributed by atoms with Gasteiger partial charge in [-0.2, -0.15) is 0 Å². The highest BCUT2D eigenvalue weighted by Crippen LogP contribution is 2.20. The molecule has 1 aliphatic rings. The van der Waals surface area contributed by atoms with Crippen molar-refractivity contribution in [1.82, 2.24) is 9.80 Å². The van der Waals surface area contributed by atoms with Gasteiger partial charge >= 0.3 is 5.88 Å². The second-order valence-corrected chi connectivity index (χ2v) is 6.51. The lowest BCUT2D eigenvalue weighted by Crippen LogP contribution is -2.47. The zero-order chi connectivity index (χ0) is 19.4. The molecule has 1 aromatic carbocycles. The first kappa shape index (κ1) is 19.1. The van der Waals surface area contributed by atoms with E-state index in [-0.39, 0.29) is 23.4 Å². The van der Waals surface area contributed by atoms with Crippen LogP contribution >= 0.6 is 11.6 Å². The van der Waals surface area contributed by atoms with Crippen LogP contribution in [0.1, 0.15) is 11.3 Å². The number of carbonyl (C=O) groups is 1. The lowest BCUT2D eigenvalue weighted by molar-refractivity contribution is -0.402. The largest absolute Gasteiger partial charge is 0.433 e. The van der Waals surface area contributed by atoms with Gasteiger partial charge in [0.15, 0.2) is 0 Å². The highest BCUT2D eigenvalue weighted by atomic mass is 35.5. The number of rotatable bonds is 5. The van der Waals surface area contributed by atoms with Crippen molar-refractivity contribution in [2.45, 2.75) is 6.54 Å². The number of amides is 1. The molecule has 142 valence electrons. The zero-order valence-electron chi connectivity index (χ0n) is 14.3. The van der Waals surface area contributed by atoms with Crippen molar-refractivity contribution in [2.24, 2.45) is 0 Å². The molecule has 1 aliphatic heterocycles. The van der Waals surface area contributed by atoms with Crippen LogP contribution in [0.15, 0.2) is 40.8 Å². The number of nitro groups is 1. The van der Waals surface area contributed by atoms with Crippen molar-refractivity contribution in [1.29, 1.82) is 0 Å². The number of halogens is 2. The molecule has 0 unspecified atom stereocenters. The molecule has 0 radical (unpaired) electrons. The quantitative estimate of drug-likeness (QED) is 0.442. The Hall–Kier alpha value is -2.71. The molecule has 3 rings (SSSR count). The number of hydrogen-bond acceptors (Lipinski definition) is 5. The summed E-state index contributed by atoms with van der Waals surface area (Å²) in [6, 6.07) is 7.02. The van der Waals surface area contributed by atoms with Crippen LogP contribution in [0.4, 0.5) is 10.3 Å². The van der Waals surface area contributed by atoms with Crippen molar-refractivity contribution in [3.63, 3.8) is 0 Å². The number of piperazine rings is 1. The van der Waals surface area contributed by atoms with Crippen LogP contribution in [0, 0.1) is 15.9 Å². The van der Waals surface area contributed by atoms with Crippen molar-refractivity contribution in [2.75, 3.05) is 26.2 Å². The van der Waals surface area contributed by atoms with E-state index in [0.29, 0.717) is 37.7 Å². The van der Waals surface area contributed by atoms with Gasteiger partial charge in [-0.15, -0.1) is 0 Å². The summed E-state index contributed by atoms with van der Waals surface area (Å²) in [6.45, 7) is 3.01. The van der Waals surface area contributed by atoms with E-state index in [0.717, 1.165) is 5.56 Å². The van der Waals surface area contributed by atoms with E-state index in [4.69, 9.17) is 16.0 Å². The lowest BCUT2D eigenvalue weighted by Gasteiger charge is -2.34. The van der Waals surface area contributed by atoms with E-state index in [1.165, 1.54) is 36.4 Å². The average molecular weight is 394 g/mol. The van der Waals surface area contributed by atoms with Crippen molar-refractivity contribution >= 4 is 29.5 Å². The summed E-state index contributed by atoms with van der Waals surface area (Å²) in [6.07, 6.45) is 2.76. The average Bonchev–Trinajstić information content (AvgIpc) is 3.12. The fourth-order valence-electron chi connectivity index (χ4n) is 2.81. The summed E-state index contributed by atoms with van der Waals surface area (Å²) in [4.78, 5) is 26.0. The lowest BCUT2D eigenvalue weighted by atomic mass is 10.2. The maximum Gasteiger partial charge on any atom is 0.433 e. The third-order valence-electron chi connectivity index (χ3n) is 4.28. The Labute approximate surface area is 159 Å². The first-order chi connectivity index (χ1) is 12.9. The van der Waals surface area contributed by atoms with Gasteiger partial charge in [-0.25, -0.2) is 4.39 Å². The number of furan rings is 1. The fraction of sp³-hybridized carbons (Fsp3) is 0.278. The Morgan fingerprint density at radius 2 is 2.00 bits per heavy atom. The van der Waals surface area contributed by atoms with Gasteiger partial charge in [0.2, 0.25) is 5.91 Å². The van der Waals surface area contributed by atoms with Crippen LogP contribution in [0.5, 0.6) is 0 Å². The minimum Gasteiger partial charge on any atom is -0.401 e. The molecule has 7 nitrogen and oxygen atoms in total. The third-order valence-corrected chi connectivity index (χ3v) is 4.63. The summed E-state index contributed by atoms with van der Waals surface area (Å²) < 4.78 is 18.1. The molecule has 2 heterocycles. The van der Waals surface area contributed by atoms with Gasteiger partial charge in [-0.3, -0.25) is 19.8 Å². The van der Waals surface area contributed by atoms with Crippen molar-refractivity contribution in [3.05, 3.63) is 68.7 Å². The standard InChI is InChI=1S/C18H17ClFN3O4/c19-16-11-14(20)2-1-13(16)12-21-7-9-22(10-8-21)17(24)5-3-15-4-6-18(27-15)23(25)26/h1-6,11H,7-10,12H2/b5-3+. The van der Waals surface area contributed by atoms with Gasteiger partial charge in [0.05, 0.1) is 6.07 Å². The van der Waals surface area contributed by atoms with Crippen LogP contribution in [0.3, 0.4) is 0 Å².